The quantitative estimate of drug-likeness (QED) is 0.615. The van der Waals surface area contributed by atoms with E-state index in [1.807, 2.05) is 0 Å². The summed E-state index contributed by atoms with van der Waals surface area (Å²) in [5, 5.41) is 23.2. The number of nitrogens with zero attached hydrogens (tertiary/aromatic N) is 2. The second-order valence-electron chi connectivity index (χ2n) is 5.19. The van der Waals surface area contributed by atoms with Crippen LogP contribution < -0.4 is 5.32 Å². The number of hydrogen-bond acceptors (Lipinski definition) is 5. The highest BCUT2D eigenvalue weighted by molar-refractivity contribution is 5.96. The van der Waals surface area contributed by atoms with Crippen molar-refractivity contribution in [1.82, 2.24) is 4.90 Å². The molecule has 0 radical (unpaired) electrons. The second kappa shape index (κ2) is 6.53. The molecule has 7 heteroatoms. The smallest absolute Gasteiger partial charge is 0.338 e. The van der Waals surface area contributed by atoms with E-state index >= 15 is 0 Å². The molecule has 0 saturated carbocycles. The molecule has 1 saturated heterocycles. The topological polar surface area (TPSA) is 95.7 Å². The van der Waals surface area contributed by atoms with Crippen molar-refractivity contribution in [2.45, 2.75) is 13.3 Å². The van der Waals surface area contributed by atoms with Gasteiger partial charge in [-0.15, -0.1) is 0 Å². The summed E-state index contributed by atoms with van der Waals surface area (Å²) in [5.74, 6) is -0.783. The van der Waals surface area contributed by atoms with Gasteiger partial charge >= 0.3 is 5.97 Å². The van der Waals surface area contributed by atoms with Crippen LogP contribution in [0, 0.1) is 16.0 Å². The summed E-state index contributed by atoms with van der Waals surface area (Å²) in [6.07, 6.45) is 1.02. The van der Waals surface area contributed by atoms with Crippen LogP contribution in [0.3, 0.4) is 0 Å². The Morgan fingerprint density at radius 2 is 2.33 bits per heavy atom. The van der Waals surface area contributed by atoms with E-state index in [0.717, 1.165) is 26.1 Å². The van der Waals surface area contributed by atoms with Crippen molar-refractivity contribution < 1.29 is 14.8 Å². The molecule has 0 aliphatic carbocycles. The molecule has 0 amide bonds. The van der Waals surface area contributed by atoms with Crippen molar-refractivity contribution in [2.24, 2.45) is 5.92 Å². The Hall–Kier alpha value is -2.15. The number of aromatic carboxylic acids is 1. The van der Waals surface area contributed by atoms with Crippen LogP contribution in [0.25, 0.3) is 0 Å². The monoisotopic (exact) mass is 293 g/mol. The number of nitro benzene ring substituents is 1. The Bertz CT molecular complexity index is 515. The van der Waals surface area contributed by atoms with E-state index in [1.165, 1.54) is 18.2 Å². The van der Waals surface area contributed by atoms with Crippen LogP contribution in [0.4, 0.5) is 11.4 Å². The molecule has 2 rings (SSSR count). The molecule has 1 aliphatic heterocycles. The van der Waals surface area contributed by atoms with E-state index in [1.54, 1.807) is 0 Å². The highest BCUT2D eigenvalue weighted by Crippen LogP contribution is 2.29. The van der Waals surface area contributed by atoms with Crippen LogP contribution in [0.15, 0.2) is 18.2 Å². The number of rotatable bonds is 6. The average Bonchev–Trinajstić information content (AvgIpc) is 2.92. The van der Waals surface area contributed by atoms with Crippen molar-refractivity contribution in [3.8, 4) is 0 Å². The third-order valence-corrected chi connectivity index (χ3v) is 3.85. The van der Waals surface area contributed by atoms with E-state index < -0.39 is 10.9 Å². The number of hydrogen-bond donors (Lipinski definition) is 2. The van der Waals surface area contributed by atoms with E-state index in [2.05, 4.69) is 17.1 Å². The molecule has 21 heavy (non-hydrogen) atoms. The molecular weight excluding hydrogens is 274 g/mol. The van der Waals surface area contributed by atoms with Gasteiger partial charge in [0, 0.05) is 19.2 Å². The molecule has 1 heterocycles. The maximum atomic E-state index is 11.2. The SMILES string of the molecule is CCN1CCC(CNc2c(C(=O)O)cccc2[N+](=O)[O-])C1. The van der Waals surface area contributed by atoms with E-state index in [0.29, 0.717) is 12.5 Å². The van der Waals surface area contributed by atoms with Gasteiger partial charge in [0.05, 0.1) is 10.5 Å². The van der Waals surface area contributed by atoms with Crippen LogP contribution in [-0.2, 0) is 0 Å². The van der Waals surface area contributed by atoms with E-state index in [4.69, 9.17) is 0 Å². The van der Waals surface area contributed by atoms with Gasteiger partial charge in [0.15, 0.2) is 0 Å². The van der Waals surface area contributed by atoms with Crippen molar-refractivity contribution in [3.05, 3.63) is 33.9 Å². The third kappa shape index (κ3) is 3.49. The fourth-order valence-corrected chi connectivity index (χ4v) is 2.67. The molecule has 1 unspecified atom stereocenters. The zero-order chi connectivity index (χ0) is 15.4. The fraction of sp³-hybridized carbons (Fsp3) is 0.500. The van der Waals surface area contributed by atoms with Gasteiger partial charge in [-0.05, 0) is 31.5 Å². The number of likely N-dealkylation sites (tertiary alicyclic amines) is 1. The maximum Gasteiger partial charge on any atom is 0.338 e. The fourth-order valence-electron chi connectivity index (χ4n) is 2.67. The number of carbonyl (C=O) groups is 1. The summed E-state index contributed by atoms with van der Waals surface area (Å²) in [4.78, 5) is 24.0. The number of nitrogens with one attached hydrogen (secondary N) is 1. The molecule has 1 fully saturated rings. The molecule has 114 valence electrons. The summed E-state index contributed by atoms with van der Waals surface area (Å²) in [7, 11) is 0. The minimum atomic E-state index is -1.16. The third-order valence-electron chi connectivity index (χ3n) is 3.85. The van der Waals surface area contributed by atoms with Gasteiger partial charge in [-0.25, -0.2) is 4.79 Å². The minimum absolute atomic E-state index is 0.0606. The average molecular weight is 293 g/mol. The van der Waals surface area contributed by atoms with Gasteiger partial charge in [0.25, 0.3) is 5.69 Å². The van der Waals surface area contributed by atoms with Gasteiger partial charge in [-0.2, -0.15) is 0 Å². The van der Waals surface area contributed by atoms with Crippen LogP contribution >= 0.6 is 0 Å². The van der Waals surface area contributed by atoms with Crippen molar-refractivity contribution in [2.75, 3.05) is 31.5 Å². The largest absolute Gasteiger partial charge is 0.478 e. The minimum Gasteiger partial charge on any atom is -0.478 e. The van der Waals surface area contributed by atoms with Gasteiger partial charge in [0.1, 0.15) is 5.69 Å². The van der Waals surface area contributed by atoms with Crippen LogP contribution in [0.1, 0.15) is 23.7 Å². The van der Waals surface area contributed by atoms with Crippen molar-refractivity contribution in [1.29, 1.82) is 0 Å². The van der Waals surface area contributed by atoms with Gasteiger partial charge in [0.2, 0.25) is 0 Å². The summed E-state index contributed by atoms with van der Waals surface area (Å²) in [5.41, 5.74) is -0.153. The zero-order valence-electron chi connectivity index (χ0n) is 11.9. The summed E-state index contributed by atoms with van der Waals surface area (Å²) >= 11 is 0. The molecule has 1 aliphatic rings. The lowest BCUT2D eigenvalue weighted by molar-refractivity contribution is -0.384. The van der Waals surface area contributed by atoms with Crippen LogP contribution in [0.2, 0.25) is 0 Å². The van der Waals surface area contributed by atoms with Crippen molar-refractivity contribution >= 4 is 17.3 Å². The molecule has 1 atom stereocenters. The number of carboxylic acid groups (broad SMARTS) is 1. The number of anilines is 1. The first kappa shape index (κ1) is 15.2. The predicted molar refractivity (Wildman–Crippen MR) is 78.8 cm³/mol. The summed E-state index contributed by atoms with van der Waals surface area (Å²) in [6, 6.07) is 4.09. The van der Waals surface area contributed by atoms with E-state index in [-0.39, 0.29) is 16.9 Å². The first-order valence-electron chi connectivity index (χ1n) is 6.99. The molecule has 0 spiro atoms. The van der Waals surface area contributed by atoms with E-state index in [9.17, 15) is 20.0 Å². The van der Waals surface area contributed by atoms with Crippen molar-refractivity contribution in [3.63, 3.8) is 0 Å². The predicted octanol–water partition coefficient (Wildman–Crippen LogP) is 2.05. The molecule has 2 N–H and O–H groups in total. The lowest BCUT2D eigenvalue weighted by Crippen LogP contribution is -2.23. The Balaban J connectivity index is 2.14. The van der Waals surface area contributed by atoms with Gasteiger partial charge in [-0.1, -0.05) is 13.0 Å². The normalized spacial score (nSPS) is 18.6. The Labute approximate surface area is 122 Å². The molecule has 1 aromatic carbocycles. The Kier molecular flexibility index (Phi) is 4.74. The number of benzene rings is 1. The molecule has 0 bridgehead atoms. The number of nitro groups is 1. The lowest BCUT2D eigenvalue weighted by Gasteiger charge is -2.15. The standard InChI is InChI=1S/C14H19N3O4/c1-2-16-7-6-10(9-16)8-15-13-11(14(18)19)4-3-5-12(13)17(20)21/h3-5,10,15H,2,6-9H2,1H3,(H,18,19). The highest BCUT2D eigenvalue weighted by Gasteiger charge is 2.25. The van der Waals surface area contributed by atoms with Crippen LogP contribution in [0.5, 0.6) is 0 Å². The zero-order valence-corrected chi connectivity index (χ0v) is 11.9. The maximum absolute atomic E-state index is 11.2. The Morgan fingerprint density at radius 1 is 1.57 bits per heavy atom. The second-order valence-corrected chi connectivity index (χ2v) is 5.19. The molecule has 0 aromatic heterocycles. The summed E-state index contributed by atoms with van der Waals surface area (Å²) < 4.78 is 0. The van der Waals surface area contributed by atoms with Crippen LogP contribution in [-0.4, -0.2) is 47.1 Å². The lowest BCUT2D eigenvalue weighted by atomic mass is 10.1. The molecule has 7 nitrogen and oxygen atoms in total. The first-order chi connectivity index (χ1) is 10.0. The Morgan fingerprint density at radius 3 is 2.90 bits per heavy atom. The van der Waals surface area contributed by atoms with Gasteiger partial charge in [-0.3, -0.25) is 10.1 Å². The summed E-state index contributed by atoms with van der Waals surface area (Å²) in [6.45, 7) is 5.59. The number of carboxylic acids is 1. The number of para-hydroxylation sites is 1. The van der Waals surface area contributed by atoms with Gasteiger partial charge < -0.3 is 15.3 Å². The molecule has 1 aromatic rings. The first-order valence-corrected chi connectivity index (χ1v) is 6.99. The molecular formula is C14H19N3O4. The highest BCUT2D eigenvalue weighted by atomic mass is 16.6.